The molecule has 1 aliphatic carbocycles. The van der Waals surface area contributed by atoms with Crippen LogP contribution in [0.2, 0.25) is 0 Å². The summed E-state index contributed by atoms with van der Waals surface area (Å²) in [6.45, 7) is 3.15. The molecule has 3 heteroatoms. The van der Waals surface area contributed by atoms with E-state index in [2.05, 4.69) is 36.4 Å². The predicted molar refractivity (Wildman–Crippen MR) is 89.3 cm³/mol. The number of hydrogen-bond donors (Lipinski definition) is 1. The van der Waals surface area contributed by atoms with E-state index in [9.17, 15) is 0 Å². The molecule has 2 N–H and O–H groups in total. The van der Waals surface area contributed by atoms with Gasteiger partial charge in [0, 0.05) is 23.5 Å². The minimum Gasteiger partial charge on any atom is -0.329 e. The van der Waals surface area contributed by atoms with Crippen LogP contribution in [0.25, 0.3) is 0 Å². The largest absolute Gasteiger partial charge is 0.329 e. The summed E-state index contributed by atoms with van der Waals surface area (Å²) in [5.41, 5.74) is 6.13. The Morgan fingerprint density at radius 3 is 2.55 bits per heavy atom. The Hall–Kier alpha value is -0.380. The summed E-state index contributed by atoms with van der Waals surface area (Å²) < 4.78 is 0. The summed E-state index contributed by atoms with van der Waals surface area (Å²) >= 11 is 1.87. The van der Waals surface area contributed by atoms with Crippen LogP contribution in [0.1, 0.15) is 50.3 Å². The Morgan fingerprint density at radius 2 is 2.00 bits per heavy atom. The van der Waals surface area contributed by atoms with E-state index in [4.69, 9.17) is 5.73 Å². The average Bonchev–Trinajstić information content (AvgIpc) is 2.81. The van der Waals surface area contributed by atoms with Crippen LogP contribution in [0.3, 0.4) is 0 Å². The number of thiophene rings is 1. The normalized spacial score (nSPS) is 20.8. The second-order valence-corrected chi connectivity index (χ2v) is 7.38. The zero-order chi connectivity index (χ0) is 14.4. The number of nitrogens with zero attached hydrogens (tertiary/aromatic N) is 1. The van der Waals surface area contributed by atoms with Crippen molar-refractivity contribution in [2.75, 3.05) is 13.6 Å². The van der Waals surface area contributed by atoms with Crippen LogP contribution in [0.5, 0.6) is 0 Å². The Bertz CT molecular complexity index is 355. The maximum absolute atomic E-state index is 6.13. The highest BCUT2D eigenvalue weighted by molar-refractivity contribution is 7.09. The van der Waals surface area contributed by atoms with Crippen molar-refractivity contribution >= 4 is 11.3 Å². The molecule has 0 saturated heterocycles. The molecule has 0 radical (unpaired) electrons. The van der Waals surface area contributed by atoms with Crippen molar-refractivity contribution < 1.29 is 0 Å². The molecule has 0 amide bonds. The third-order valence-corrected chi connectivity index (χ3v) is 5.88. The molecule has 1 saturated carbocycles. The van der Waals surface area contributed by atoms with E-state index >= 15 is 0 Å². The van der Waals surface area contributed by atoms with Gasteiger partial charge in [-0.05, 0) is 50.6 Å². The Morgan fingerprint density at radius 1 is 1.30 bits per heavy atom. The van der Waals surface area contributed by atoms with Crippen LogP contribution in [0.15, 0.2) is 17.5 Å². The molecule has 20 heavy (non-hydrogen) atoms. The molecule has 1 aromatic rings. The average molecular weight is 295 g/mol. The minimum atomic E-state index is 0.558. The zero-order valence-corrected chi connectivity index (χ0v) is 13.9. The monoisotopic (exact) mass is 294 g/mol. The summed E-state index contributed by atoms with van der Waals surface area (Å²) in [4.78, 5) is 4.04. The lowest BCUT2D eigenvalue weighted by atomic mass is 9.90. The van der Waals surface area contributed by atoms with Crippen LogP contribution >= 0.6 is 11.3 Å². The van der Waals surface area contributed by atoms with E-state index in [1.807, 2.05) is 11.3 Å². The van der Waals surface area contributed by atoms with Gasteiger partial charge in [0.2, 0.25) is 0 Å². The van der Waals surface area contributed by atoms with Gasteiger partial charge in [0.05, 0.1) is 0 Å². The first-order chi connectivity index (χ1) is 9.72. The van der Waals surface area contributed by atoms with E-state index < -0.39 is 0 Å². The van der Waals surface area contributed by atoms with Crippen LogP contribution in [-0.4, -0.2) is 30.6 Å². The van der Waals surface area contributed by atoms with Crippen molar-refractivity contribution in [3.63, 3.8) is 0 Å². The van der Waals surface area contributed by atoms with Gasteiger partial charge in [0.15, 0.2) is 0 Å². The smallest absolute Gasteiger partial charge is 0.0246 e. The Labute approximate surface area is 128 Å². The zero-order valence-electron chi connectivity index (χ0n) is 13.1. The Kier molecular flexibility index (Phi) is 6.53. The maximum Gasteiger partial charge on any atom is 0.0246 e. The molecule has 2 atom stereocenters. The fourth-order valence-corrected chi connectivity index (χ4v) is 4.40. The highest BCUT2D eigenvalue weighted by Gasteiger charge is 2.27. The van der Waals surface area contributed by atoms with Crippen molar-refractivity contribution in [2.45, 2.75) is 64.0 Å². The summed E-state index contributed by atoms with van der Waals surface area (Å²) in [7, 11) is 2.28. The first-order valence-corrected chi connectivity index (χ1v) is 9.04. The first-order valence-electron chi connectivity index (χ1n) is 8.16. The summed E-state index contributed by atoms with van der Waals surface area (Å²) in [5, 5.41) is 2.17. The number of rotatable bonds is 6. The van der Waals surface area contributed by atoms with Crippen molar-refractivity contribution in [1.82, 2.24) is 4.90 Å². The summed E-state index contributed by atoms with van der Waals surface area (Å²) in [6, 6.07) is 5.53. The maximum atomic E-state index is 6.13. The van der Waals surface area contributed by atoms with E-state index in [0.717, 1.165) is 18.9 Å². The lowest BCUT2D eigenvalue weighted by molar-refractivity contribution is 0.126. The van der Waals surface area contributed by atoms with Gasteiger partial charge in [-0.2, -0.15) is 0 Å². The van der Waals surface area contributed by atoms with E-state index in [1.54, 1.807) is 0 Å². The van der Waals surface area contributed by atoms with Crippen LogP contribution in [0, 0.1) is 5.92 Å². The van der Waals surface area contributed by atoms with Gasteiger partial charge in [-0.1, -0.05) is 31.7 Å². The summed E-state index contributed by atoms with van der Waals surface area (Å²) in [6.07, 6.45) is 9.53. The molecule has 2 rings (SSSR count). The molecule has 1 aliphatic rings. The lowest BCUT2D eigenvalue weighted by Crippen LogP contribution is -2.48. The van der Waals surface area contributed by atoms with E-state index in [0.29, 0.717) is 12.1 Å². The van der Waals surface area contributed by atoms with Gasteiger partial charge < -0.3 is 5.73 Å². The van der Waals surface area contributed by atoms with Crippen LogP contribution in [-0.2, 0) is 6.42 Å². The van der Waals surface area contributed by atoms with Gasteiger partial charge in [0.25, 0.3) is 0 Å². The molecule has 0 spiro atoms. The SMILES string of the molecule is CC(Cc1cccs1)N(C)C(CN)C1CCCCCC1. The lowest BCUT2D eigenvalue weighted by Gasteiger charge is -2.37. The quantitative estimate of drug-likeness (QED) is 0.806. The first kappa shape index (κ1) is 16.0. The standard InChI is InChI=1S/C17H30N2S/c1-14(12-16-10-7-11-20-16)19(2)17(13-18)15-8-5-3-4-6-9-15/h7,10-11,14-15,17H,3-6,8-9,12-13,18H2,1-2H3. The number of nitrogens with two attached hydrogens (primary N) is 1. The molecule has 1 heterocycles. The van der Waals surface area contributed by atoms with Gasteiger partial charge in [-0.3, -0.25) is 4.90 Å². The summed E-state index contributed by atoms with van der Waals surface area (Å²) in [5.74, 6) is 0.804. The second kappa shape index (κ2) is 8.16. The van der Waals surface area contributed by atoms with Crippen molar-refractivity contribution in [3.05, 3.63) is 22.4 Å². The molecule has 1 fully saturated rings. The number of hydrogen-bond acceptors (Lipinski definition) is 3. The predicted octanol–water partition coefficient (Wildman–Crippen LogP) is 3.91. The number of likely N-dealkylation sites (N-methyl/N-ethyl adjacent to an activating group) is 1. The van der Waals surface area contributed by atoms with Crippen molar-refractivity contribution in [3.8, 4) is 0 Å². The van der Waals surface area contributed by atoms with Crippen molar-refractivity contribution in [1.29, 1.82) is 0 Å². The van der Waals surface area contributed by atoms with Crippen LogP contribution < -0.4 is 5.73 Å². The molecule has 2 unspecified atom stereocenters. The molecule has 2 nitrogen and oxygen atoms in total. The van der Waals surface area contributed by atoms with Crippen LogP contribution in [0.4, 0.5) is 0 Å². The fraction of sp³-hybridized carbons (Fsp3) is 0.765. The molecule has 0 bridgehead atoms. The van der Waals surface area contributed by atoms with Crippen molar-refractivity contribution in [2.24, 2.45) is 11.7 Å². The molecule has 1 aromatic heterocycles. The fourth-order valence-electron chi connectivity index (χ4n) is 3.58. The molecular weight excluding hydrogens is 264 g/mol. The van der Waals surface area contributed by atoms with E-state index in [1.165, 1.54) is 43.4 Å². The third kappa shape index (κ3) is 4.31. The van der Waals surface area contributed by atoms with Gasteiger partial charge >= 0.3 is 0 Å². The van der Waals surface area contributed by atoms with Gasteiger partial charge in [-0.15, -0.1) is 11.3 Å². The van der Waals surface area contributed by atoms with E-state index in [-0.39, 0.29) is 0 Å². The highest BCUT2D eigenvalue weighted by Crippen LogP contribution is 2.28. The van der Waals surface area contributed by atoms with Gasteiger partial charge in [0.1, 0.15) is 0 Å². The minimum absolute atomic E-state index is 0.558. The highest BCUT2D eigenvalue weighted by atomic mass is 32.1. The molecule has 0 aromatic carbocycles. The molecule has 0 aliphatic heterocycles. The topological polar surface area (TPSA) is 29.3 Å². The third-order valence-electron chi connectivity index (χ3n) is 4.98. The second-order valence-electron chi connectivity index (χ2n) is 6.35. The molecular formula is C17H30N2S. The van der Waals surface area contributed by atoms with Gasteiger partial charge in [-0.25, -0.2) is 0 Å². The Balaban J connectivity index is 1.94. The molecule has 114 valence electrons.